The number of carbonyl (C=O) groups excluding carboxylic acids is 1. The van der Waals surface area contributed by atoms with E-state index in [0.29, 0.717) is 11.3 Å². The van der Waals surface area contributed by atoms with Gasteiger partial charge in [0.1, 0.15) is 12.3 Å². The normalized spacial score (nSPS) is 10.7. The number of nitro groups is 1. The van der Waals surface area contributed by atoms with E-state index in [4.69, 9.17) is 4.74 Å². The number of aryl methyl sites for hydroxylation is 1. The second kappa shape index (κ2) is 6.75. The van der Waals surface area contributed by atoms with Crippen LogP contribution in [0, 0.1) is 24.0 Å². The zero-order chi connectivity index (χ0) is 18.8. The molecule has 0 saturated carbocycles. The fraction of sp³-hybridized carbons (Fsp3) is 0.167. The third kappa shape index (κ3) is 3.16. The van der Waals surface area contributed by atoms with Crippen LogP contribution in [0.2, 0.25) is 0 Å². The predicted molar refractivity (Wildman–Crippen MR) is 93.2 cm³/mol. The molecule has 0 N–H and O–H groups in total. The van der Waals surface area contributed by atoms with E-state index in [9.17, 15) is 19.7 Å². The van der Waals surface area contributed by atoms with Gasteiger partial charge in [-0.3, -0.25) is 19.3 Å². The molecule has 0 saturated heterocycles. The van der Waals surface area contributed by atoms with Gasteiger partial charge in [-0.2, -0.15) is 0 Å². The molecule has 2 aromatic heterocycles. The Morgan fingerprint density at radius 1 is 1.23 bits per heavy atom. The Labute approximate surface area is 147 Å². The molecular weight excluding hydrogens is 338 g/mol. The summed E-state index contributed by atoms with van der Waals surface area (Å²) in [5.74, 6) is -0.711. The number of pyridine rings is 1. The topological polar surface area (TPSA) is 104 Å². The summed E-state index contributed by atoms with van der Waals surface area (Å²) in [5.41, 5.74) is 1.41. The van der Waals surface area contributed by atoms with E-state index in [1.807, 2.05) is 0 Å². The Morgan fingerprint density at radius 3 is 2.69 bits per heavy atom. The summed E-state index contributed by atoms with van der Waals surface area (Å²) in [5, 5.41) is 11.0. The minimum Gasteiger partial charge on any atom is -0.456 e. The van der Waals surface area contributed by atoms with Gasteiger partial charge in [0.05, 0.1) is 16.2 Å². The Bertz CT molecular complexity index is 1090. The molecule has 8 nitrogen and oxygen atoms in total. The van der Waals surface area contributed by atoms with E-state index in [-0.39, 0.29) is 29.0 Å². The summed E-state index contributed by atoms with van der Waals surface area (Å²) in [6.07, 6.45) is 0. The molecule has 0 bridgehead atoms. The van der Waals surface area contributed by atoms with Crippen LogP contribution in [-0.2, 0) is 11.3 Å². The molecule has 3 rings (SSSR count). The van der Waals surface area contributed by atoms with Crippen molar-refractivity contribution in [1.29, 1.82) is 0 Å². The molecule has 0 aliphatic heterocycles. The van der Waals surface area contributed by atoms with Gasteiger partial charge < -0.3 is 4.74 Å². The van der Waals surface area contributed by atoms with Gasteiger partial charge in [-0.15, -0.1) is 0 Å². The molecule has 132 valence electrons. The minimum absolute atomic E-state index is 0.104. The van der Waals surface area contributed by atoms with Crippen LogP contribution in [0.5, 0.6) is 0 Å². The quantitative estimate of drug-likeness (QED) is 0.406. The monoisotopic (exact) mass is 353 g/mol. The lowest BCUT2D eigenvalue weighted by Crippen LogP contribution is -2.18. The molecule has 26 heavy (non-hydrogen) atoms. The van der Waals surface area contributed by atoms with Crippen molar-refractivity contribution >= 4 is 17.3 Å². The molecule has 0 aliphatic carbocycles. The first-order valence-corrected chi connectivity index (χ1v) is 7.78. The lowest BCUT2D eigenvalue weighted by molar-refractivity contribution is -0.385. The first-order chi connectivity index (χ1) is 12.4. The van der Waals surface area contributed by atoms with Crippen molar-refractivity contribution in [3.8, 4) is 0 Å². The standard InChI is InChI=1S/C18H15N3O5/c1-11-5-3-8-16-19-13(9-17(22)20(11)16)10-26-18(23)14-6-4-7-15(12(14)2)21(24)25/h3-9H,10H2,1-2H3. The predicted octanol–water partition coefficient (Wildman–Crippen LogP) is 2.58. The molecule has 0 fully saturated rings. The van der Waals surface area contributed by atoms with E-state index >= 15 is 0 Å². The number of rotatable bonds is 4. The Morgan fingerprint density at radius 2 is 1.96 bits per heavy atom. The average molecular weight is 353 g/mol. The van der Waals surface area contributed by atoms with Gasteiger partial charge in [0.15, 0.2) is 0 Å². The molecule has 0 radical (unpaired) electrons. The Hall–Kier alpha value is -3.55. The smallest absolute Gasteiger partial charge is 0.339 e. The maximum absolute atomic E-state index is 12.3. The minimum atomic E-state index is -0.711. The summed E-state index contributed by atoms with van der Waals surface area (Å²) in [6, 6.07) is 10.8. The number of esters is 1. The molecule has 0 aliphatic rings. The van der Waals surface area contributed by atoms with Gasteiger partial charge in [-0.25, -0.2) is 9.78 Å². The number of nitrogens with zero attached hydrogens (tertiary/aromatic N) is 3. The molecule has 2 heterocycles. The first kappa shape index (κ1) is 17.3. The molecule has 0 atom stereocenters. The molecule has 0 spiro atoms. The number of carbonyl (C=O) groups is 1. The van der Waals surface area contributed by atoms with E-state index in [1.54, 1.807) is 25.1 Å². The SMILES string of the molecule is Cc1c(C(=O)OCc2cc(=O)n3c(C)cccc3n2)cccc1[N+](=O)[O-]. The number of benzene rings is 1. The number of hydrogen-bond acceptors (Lipinski definition) is 6. The van der Waals surface area contributed by atoms with Gasteiger partial charge in [-0.05, 0) is 32.0 Å². The fourth-order valence-corrected chi connectivity index (χ4v) is 2.70. The zero-order valence-corrected chi connectivity index (χ0v) is 14.1. The van der Waals surface area contributed by atoms with Crippen molar-refractivity contribution in [1.82, 2.24) is 9.38 Å². The summed E-state index contributed by atoms with van der Waals surface area (Å²) in [7, 11) is 0. The van der Waals surface area contributed by atoms with Crippen LogP contribution in [0.1, 0.15) is 27.3 Å². The highest BCUT2D eigenvalue weighted by Crippen LogP contribution is 2.22. The highest BCUT2D eigenvalue weighted by molar-refractivity contribution is 5.92. The number of aromatic nitrogens is 2. The molecule has 8 heteroatoms. The van der Waals surface area contributed by atoms with E-state index in [1.165, 1.54) is 35.6 Å². The summed E-state index contributed by atoms with van der Waals surface area (Å²) < 4.78 is 6.65. The third-order valence-corrected chi connectivity index (χ3v) is 4.01. The van der Waals surface area contributed by atoms with Gasteiger partial charge >= 0.3 is 5.97 Å². The first-order valence-electron chi connectivity index (χ1n) is 7.78. The van der Waals surface area contributed by atoms with Gasteiger partial charge in [-0.1, -0.05) is 12.1 Å². The van der Waals surface area contributed by atoms with E-state index < -0.39 is 10.9 Å². The molecule has 0 amide bonds. The van der Waals surface area contributed by atoms with Crippen molar-refractivity contribution in [3.63, 3.8) is 0 Å². The summed E-state index contributed by atoms with van der Waals surface area (Å²) >= 11 is 0. The largest absolute Gasteiger partial charge is 0.456 e. The van der Waals surface area contributed by atoms with Crippen molar-refractivity contribution in [2.75, 3.05) is 0 Å². The molecule has 3 aromatic rings. The lowest BCUT2D eigenvalue weighted by Gasteiger charge is -2.09. The van der Waals surface area contributed by atoms with Crippen molar-refractivity contribution in [2.24, 2.45) is 0 Å². The maximum Gasteiger partial charge on any atom is 0.339 e. The van der Waals surface area contributed by atoms with Gasteiger partial charge in [0.2, 0.25) is 0 Å². The number of nitro benzene ring substituents is 1. The van der Waals surface area contributed by atoms with Crippen LogP contribution in [0.25, 0.3) is 5.65 Å². The van der Waals surface area contributed by atoms with Crippen LogP contribution in [-0.4, -0.2) is 20.3 Å². The number of ether oxygens (including phenoxy) is 1. The zero-order valence-electron chi connectivity index (χ0n) is 14.1. The Balaban J connectivity index is 1.85. The Kier molecular flexibility index (Phi) is 4.49. The highest BCUT2D eigenvalue weighted by atomic mass is 16.6. The van der Waals surface area contributed by atoms with Gasteiger partial charge in [0.25, 0.3) is 11.2 Å². The summed E-state index contributed by atoms with van der Waals surface area (Å²) in [6.45, 7) is 3.07. The van der Waals surface area contributed by atoms with Gasteiger partial charge in [0, 0.05) is 23.4 Å². The molecule has 1 aromatic carbocycles. The van der Waals surface area contributed by atoms with Crippen LogP contribution < -0.4 is 5.56 Å². The number of fused-ring (bicyclic) bond motifs is 1. The van der Waals surface area contributed by atoms with E-state index in [2.05, 4.69) is 4.98 Å². The van der Waals surface area contributed by atoms with Crippen molar-refractivity contribution < 1.29 is 14.5 Å². The molecular formula is C18H15N3O5. The highest BCUT2D eigenvalue weighted by Gasteiger charge is 2.19. The van der Waals surface area contributed by atoms with Crippen molar-refractivity contribution in [3.05, 3.63) is 85.4 Å². The van der Waals surface area contributed by atoms with Crippen LogP contribution in [0.4, 0.5) is 5.69 Å². The van der Waals surface area contributed by atoms with Crippen LogP contribution in [0.15, 0.2) is 47.3 Å². The van der Waals surface area contributed by atoms with Crippen LogP contribution >= 0.6 is 0 Å². The average Bonchev–Trinajstić information content (AvgIpc) is 2.59. The lowest BCUT2D eigenvalue weighted by atomic mass is 10.1. The number of hydrogen-bond donors (Lipinski definition) is 0. The summed E-state index contributed by atoms with van der Waals surface area (Å²) in [4.78, 5) is 39.2. The van der Waals surface area contributed by atoms with Crippen molar-refractivity contribution in [2.45, 2.75) is 20.5 Å². The van der Waals surface area contributed by atoms with E-state index in [0.717, 1.165) is 5.69 Å². The second-order valence-corrected chi connectivity index (χ2v) is 5.73. The molecule has 0 unspecified atom stereocenters. The van der Waals surface area contributed by atoms with Crippen LogP contribution in [0.3, 0.4) is 0 Å². The third-order valence-electron chi connectivity index (χ3n) is 4.01. The maximum atomic E-state index is 12.3. The fourth-order valence-electron chi connectivity index (χ4n) is 2.70. The second-order valence-electron chi connectivity index (χ2n) is 5.73.